The van der Waals surface area contributed by atoms with Crippen LogP contribution in [0.3, 0.4) is 0 Å². The monoisotopic (exact) mass is 354 g/mol. The van der Waals surface area contributed by atoms with Crippen LogP contribution in [0.5, 0.6) is 0 Å². The first-order chi connectivity index (χ1) is 11.1. The third-order valence-electron chi connectivity index (χ3n) is 4.23. The molecule has 24 heavy (non-hydrogen) atoms. The summed E-state index contributed by atoms with van der Waals surface area (Å²) in [4.78, 5) is 27.7. The fraction of sp³-hybridized carbons (Fsp3) is 0.529. The molecule has 1 fully saturated rings. The van der Waals surface area contributed by atoms with Gasteiger partial charge in [-0.25, -0.2) is 0 Å². The molecule has 0 spiro atoms. The molecule has 1 aromatic carbocycles. The Balaban J connectivity index is 0.00000288. The minimum Gasteiger partial charge on any atom is -0.369 e. The number of nitrogens with zero attached hydrogens (tertiary/aromatic N) is 2. The van der Waals surface area contributed by atoms with E-state index >= 15 is 0 Å². The lowest BCUT2D eigenvalue weighted by atomic mass is 9.97. The normalized spacial score (nSPS) is 17.4. The summed E-state index contributed by atoms with van der Waals surface area (Å²) < 4.78 is 0. The maximum absolute atomic E-state index is 12.5. The van der Waals surface area contributed by atoms with E-state index in [4.69, 9.17) is 11.5 Å². The first kappa shape index (κ1) is 20.4. The lowest BCUT2D eigenvalue weighted by molar-refractivity contribution is -0.136. The lowest BCUT2D eigenvalue weighted by Crippen LogP contribution is -2.48. The fourth-order valence-electron chi connectivity index (χ4n) is 2.97. The number of primary amides is 1. The molecule has 1 aliphatic heterocycles. The zero-order valence-corrected chi connectivity index (χ0v) is 14.7. The minimum atomic E-state index is -0.314. The van der Waals surface area contributed by atoms with Gasteiger partial charge in [-0.15, -0.1) is 12.4 Å². The predicted octanol–water partition coefficient (Wildman–Crippen LogP) is 0.593. The summed E-state index contributed by atoms with van der Waals surface area (Å²) in [6.45, 7) is 3.31. The largest absolute Gasteiger partial charge is 0.369 e. The van der Waals surface area contributed by atoms with E-state index in [1.807, 2.05) is 35.2 Å². The van der Waals surface area contributed by atoms with Crippen LogP contribution in [0.25, 0.3) is 0 Å². The number of amides is 2. The molecule has 1 unspecified atom stereocenters. The van der Waals surface area contributed by atoms with Gasteiger partial charge in [-0.2, -0.15) is 0 Å². The van der Waals surface area contributed by atoms with Crippen molar-refractivity contribution in [1.29, 1.82) is 0 Å². The summed E-state index contributed by atoms with van der Waals surface area (Å²) in [5.41, 5.74) is 12.2. The van der Waals surface area contributed by atoms with Crippen molar-refractivity contribution < 1.29 is 9.59 Å². The van der Waals surface area contributed by atoms with Crippen LogP contribution in [0, 0.1) is 5.92 Å². The molecule has 0 radical (unpaired) electrons. The summed E-state index contributed by atoms with van der Waals surface area (Å²) >= 11 is 0. The zero-order chi connectivity index (χ0) is 16.7. The Morgan fingerprint density at radius 1 is 1.25 bits per heavy atom. The molecule has 0 aliphatic carbocycles. The number of nitrogens with two attached hydrogens (primary N) is 2. The summed E-state index contributed by atoms with van der Waals surface area (Å²) in [6, 6.07) is 10.0. The van der Waals surface area contributed by atoms with Gasteiger partial charge in [0.2, 0.25) is 11.8 Å². The molecule has 0 saturated carbocycles. The number of likely N-dealkylation sites (tertiary alicyclic amines) is 1. The summed E-state index contributed by atoms with van der Waals surface area (Å²) in [5.74, 6) is -0.490. The SMILES string of the molecule is Cl.NCCN(CC(=O)N1CCCC(C(N)=O)C1)Cc1ccccc1. The van der Waals surface area contributed by atoms with Gasteiger partial charge in [0.05, 0.1) is 12.5 Å². The smallest absolute Gasteiger partial charge is 0.236 e. The van der Waals surface area contributed by atoms with Crippen molar-refractivity contribution in [3.63, 3.8) is 0 Å². The number of hydrogen-bond acceptors (Lipinski definition) is 4. The quantitative estimate of drug-likeness (QED) is 0.749. The summed E-state index contributed by atoms with van der Waals surface area (Å²) in [6.07, 6.45) is 1.60. The molecule has 1 saturated heterocycles. The number of benzene rings is 1. The van der Waals surface area contributed by atoms with E-state index in [1.54, 1.807) is 4.90 Å². The molecule has 1 aromatic rings. The van der Waals surface area contributed by atoms with Gasteiger partial charge in [-0.1, -0.05) is 30.3 Å². The van der Waals surface area contributed by atoms with Crippen LogP contribution < -0.4 is 11.5 Å². The highest BCUT2D eigenvalue weighted by Gasteiger charge is 2.27. The lowest BCUT2D eigenvalue weighted by Gasteiger charge is -2.33. The van der Waals surface area contributed by atoms with Crippen molar-refractivity contribution in [2.75, 3.05) is 32.7 Å². The van der Waals surface area contributed by atoms with Gasteiger partial charge in [-0.05, 0) is 18.4 Å². The molecular formula is C17H27ClN4O2. The Bertz CT molecular complexity index is 527. The average molecular weight is 355 g/mol. The molecule has 2 rings (SSSR count). The van der Waals surface area contributed by atoms with Gasteiger partial charge in [0, 0.05) is 32.7 Å². The zero-order valence-electron chi connectivity index (χ0n) is 13.9. The van der Waals surface area contributed by atoms with E-state index in [1.165, 1.54) is 0 Å². The Labute approximate surface area is 149 Å². The number of piperidine rings is 1. The van der Waals surface area contributed by atoms with Crippen molar-refractivity contribution in [3.8, 4) is 0 Å². The van der Waals surface area contributed by atoms with Crippen molar-refractivity contribution in [2.24, 2.45) is 17.4 Å². The molecule has 2 amide bonds. The first-order valence-corrected chi connectivity index (χ1v) is 8.13. The molecule has 0 bridgehead atoms. The highest BCUT2D eigenvalue weighted by molar-refractivity contribution is 5.85. The van der Waals surface area contributed by atoms with Gasteiger partial charge < -0.3 is 16.4 Å². The molecule has 7 heteroatoms. The van der Waals surface area contributed by atoms with Crippen molar-refractivity contribution in [3.05, 3.63) is 35.9 Å². The van der Waals surface area contributed by atoms with Crippen LogP contribution in [0.4, 0.5) is 0 Å². The minimum absolute atomic E-state index is 0. The Morgan fingerprint density at radius 2 is 1.96 bits per heavy atom. The summed E-state index contributed by atoms with van der Waals surface area (Å²) in [7, 11) is 0. The molecule has 134 valence electrons. The maximum Gasteiger partial charge on any atom is 0.236 e. The highest BCUT2D eigenvalue weighted by Crippen LogP contribution is 2.16. The van der Waals surface area contributed by atoms with Crippen LogP contribution >= 0.6 is 12.4 Å². The van der Waals surface area contributed by atoms with E-state index < -0.39 is 0 Å². The van der Waals surface area contributed by atoms with Crippen LogP contribution in [0.15, 0.2) is 30.3 Å². The van der Waals surface area contributed by atoms with E-state index in [-0.39, 0.29) is 30.1 Å². The van der Waals surface area contributed by atoms with Crippen LogP contribution in [0.2, 0.25) is 0 Å². The second-order valence-corrected chi connectivity index (χ2v) is 6.07. The second kappa shape index (κ2) is 10.3. The Hall–Kier alpha value is -1.63. The van der Waals surface area contributed by atoms with E-state index in [2.05, 4.69) is 0 Å². The predicted molar refractivity (Wildman–Crippen MR) is 96.5 cm³/mol. The Kier molecular flexibility index (Phi) is 8.74. The third-order valence-corrected chi connectivity index (χ3v) is 4.23. The van der Waals surface area contributed by atoms with Crippen molar-refractivity contribution in [2.45, 2.75) is 19.4 Å². The molecule has 1 atom stereocenters. The average Bonchev–Trinajstić information content (AvgIpc) is 2.56. The van der Waals surface area contributed by atoms with E-state index in [0.717, 1.165) is 18.4 Å². The van der Waals surface area contributed by atoms with Gasteiger partial charge >= 0.3 is 0 Å². The van der Waals surface area contributed by atoms with Crippen molar-refractivity contribution in [1.82, 2.24) is 9.80 Å². The van der Waals surface area contributed by atoms with E-state index in [9.17, 15) is 9.59 Å². The fourth-order valence-corrected chi connectivity index (χ4v) is 2.97. The van der Waals surface area contributed by atoms with Crippen LogP contribution in [0.1, 0.15) is 18.4 Å². The number of carbonyl (C=O) groups excluding carboxylic acids is 2. The molecule has 1 heterocycles. The number of rotatable bonds is 7. The highest BCUT2D eigenvalue weighted by atomic mass is 35.5. The third kappa shape index (κ3) is 6.11. The topological polar surface area (TPSA) is 92.7 Å². The Morgan fingerprint density at radius 3 is 2.58 bits per heavy atom. The number of hydrogen-bond donors (Lipinski definition) is 2. The molecule has 0 aromatic heterocycles. The molecule has 4 N–H and O–H groups in total. The van der Waals surface area contributed by atoms with Crippen LogP contribution in [-0.4, -0.2) is 54.3 Å². The number of halogens is 1. The van der Waals surface area contributed by atoms with E-state index in [0.29, 0.717) is 39.3 Å². The van der Waals surface area contributed by atoms with Gasteiger partial charge in [0.15, 0.2) is 0 Å². The molecule has 6 nitrogen and oxygen atoms in total. The van der Waals surface area contributed by atoms with Crippen molar-refractivity contribution >= 4 is 24.2 Å². The van der Waals surface area contributed by atoms with Crippen LogP contribution in [-0.2, 0) is 16.1 Å². The summed E-state index contributed by atoms with van der Waals surface area (Å²) in [5, 5.41) is 0. The maximum atomic E-state index is 12.5. The molecular weight excluding hydrogens is 328 g/mol. The second-order valence-electron chi connectivity index (χ2n) is 6.07. The van der Waals surface area contributed by atoms with Gasteiger partial charge in [-0.3, -0.25) is 14.5 Å². The van der Waals surface area contributed by atoms with Gasteiger partial charge in [0.25, 0.3) is 0 Å². The standard InChI is InChI=1S/C17H26N4O2.ClH/c18-8-10-20(11-14-5-2-1-3-6-14)13-16(22)21-9-4-7-15(12-21)17(19)23;/h1-3,5-6,15H,4,7-13,18H2,(H2,19,23);1H. The van der Waals surface area contributed by atoms with Gasteiger partial charge in [0.1, 0.15) is 0 Å². The molecule has 1 aliphatic rings. The number of carbonyl (C=O) groups is 2. The first-order valence-electron chi connectivity index (χ1n) is 8.13.